The smallest absolute Gasteiger partial charge is 0.311 e. The molecule has 3 rings (SSSR count). The van der Waals surface area contributed by atoms with Gasteiger partial charge >= 0.3 is 5.97 Å². The maximum Gasteiger partial charge on any atom is 0.311 e. The lowest BCUT2D eigenvalue weighted by Gasteiger charge is -2.14. The Hall–Kier alpha value is -1.98. The van der Waals surface area contributed by atoms with Gasteiger partial charge in [-0.1, -0.05) is 29.3 Å². The van der Waals surface area contributed by atoms with Gasteiger partial charge in [0.05, 0.1) is 28.8 Å². The summed E-state index contributed by atoms with van der Waals surface area (Å²) in [6, 6.07) is 8.60. The van der Waals surface area contributed by atoms with Gasteiger partial charge in [0.15, 0.2) is 0 Å². The van der Waals surface area contributed by atoms with Crippen LogP contribution in [0.25, 0.3) is 0 Å². The number of hydrogen-bond acceptors (Lipinski definition) is 4. The minimum atomic E-state index is -0.463. The van der Waals surface area contributed by atoms with Gasteiger partial charge in [-0.15, -0.1) is 0 Å². The van der Waals surface area contributed by atoms with Crippen LogP contribution in [0.15, 0.2) is 41.0 Å². The molecule has 0 N–H and O–H groups in total. The topological polar surface area (TPSA) is 59.8 Å². The van der Waals surface area contributed by atoms with E-state index in [1.54, 1.807) is 41.5 Å². The molecule has 2 aromatic rings. The number of esters is 1. The molecule has 1 aromatic heterocycles. The molecule has 5 nitrogen and oxygen atoms in total. The summed E-state index contributed by atoms with van der Waals surface area (Å²) in [6.07, 6.45) is 1.71. The van der Waals surface area contributed by atoms with E-state index in [9.17, 15) is 9.59 Å². The van der Waals surface area contributed by atoms with Crippen molar-refractivity contribution in [3.8, 4) is 0 Å². The third-order valence-corrected chi connectivity index (χ3v) is 4.58. The van der Waals surface area contributed by atoms with E-state index in [1.807, 2.05) is 0 Å². The maximum atomic E-state index is 12.2. The first-order valence-corrected chi connectivity index (χ1v) is 8.19. The van der Waals surface area contributed by atoms with Crippen LogP contribution < -0.4 is 0 Å². The normalized spacial score (nSPS) is 17.3. The molecule has 1 atom stereocenters. The number of ether oxygens (including phenoxy) is 1. The van der Waals surface area contributed by atoms with Gasteiger partial charge in [-0.2, -0.15) is 0 Å². The van der Waals surface area contributed by atoms with Crippen LogP contribution in [-0.4, -0.2) is 23.3 Å². The number of halogens is 2. The van der Waals surface area contributed by atoms with Crippen LogP contribution in [0.3, 0.4) is 0 Å². The molecule has 0 unspecified atom stereocenters. The summed E-state index contributed by atoms with van der Waals surface area (Å²) in [5.41, 5.74) is 0.745. The van der Waals surface area contributed by atoms with Crippen LogP contribution in [-0.2, 0) is 27.5 Å². The summed E-state index contributed by atoms with van der Waals surface area (Å²) in [4.78, 5) is 25.8. The number of likely N-dealkylation sites (tertiary alicyclic amines) is 1. The predicted octanol–water partition coefficient (Wildman–Crippen LogP) is 3.68. The maximum absolute atomic E-state index is 12.2. The number of benzene rings is 1. The Bertz CT molecular complexity index is 745. The summed E-state index contributed by atoms with van der Waals surface area (Å²) in [5.74, 6) is -0.248. The highest BCUT2D eigenvalue weighted by Crippen LogP contribution is 2.24. The van der Waals surface area contributed by atoms with Crippen LogP contribution in [0.4, 0.5) is 0 Å². The SMILES string of the molecule is O=C(OCc1ccc(Cl)c(Cl)c1)[C@H]1CC(=O)N(Cc2ccco2)C1. The molecule has 1 fully saturated rings. The van der Waals surface area contributed by atoms with E-state index in [0.717, 1.165) is 5.56 Å². The Kier molecular flexibility index (Phi) is 5.11. The quantitative estimate of drug-likeness (QED) is 0.756. The minimum Gasteiger partial charge on any atom is -0.467 e. The molecule has 1 amide bonds. The van der Waals surface area contributed by atoms with Gasteiger partial charge in [-0.25, -0.2) is 0 Å². The number of nitrogens with zero attached hydrogens (tertiary/aromatic N) is 1. The molecular weight excluding hydrogens is 353 g/mol. The third kappa shape index (κ3) is 3.91. The lowest BCUT2D eigenvalue weighted by atomic mass is 10.1. The minimum absolute atomic E-state index is 0.0807. The Morgan fingerprint density at radius 1 is 1.29 bits per heavy atom. The molecule has 126 valence electrons. The molecule has 1 aliphatic heterocycles. The van der Waals surface area contributed by atoms with Crippen LogP contribution in [0.1, 0.15) is 17.7 Å². The number of amides is 1. The first-order valence-electron chi connectivity index (χ1n) is 7.43. The van der Waals surface area contributed by atoms with E-state index in [4.69, 9.17) is 32.4 Å². The van der Waals surface area contributed by atoms with Crippen molar-refractivity contribution in [2.45, 2.75) is 19.6 Å². The molecule has 24 heavy (non-hydrogen) atoms. The van der Waals surface area contributed by atoms with E-state index in [1.165, 1.54) is 0 Å². The number of hydrogen-bond donors (Lipinski definition) is 0. The highest BCUT2D eigenvalue weighted by molar-refractivity contribution is 6.42. The molecule has 0 spiro atoms. The summed E-state index contributed by atoms with van der Waals surface area (Å²) in [7, 11) is 0. The van der Waals surface area contributed by atoms with Crippen molar-refractivity contribution >= 4 is 35.1 Å². The monoisotopic (exact) mass is 367 g/mol. The number of rotatable bonds is 5. The number of carbonyl (C=O) groups is 2. The fourth-order valence-electron chi connectivity index (χ4n) is 2.58. The molecular formula is C17H15Cl2NO4. The molecule has 0 aliphatic carbocycles. The van der Waals surface area contributed by atoms with Crippen molar-refractivity contribution in [2.24, 2.45) is 5.92 Å². The summed E-state index contributed by atoms with van der Waals surface area (Å²) in [5, 5.41) is 0.854. The lowest BCUT2D eigenvalue weighted by molar-refractivity contribution is -0.149. The first-order chi connectivity index (χ1) is 11.5. The fourth-order valence-corrected chi connectivity index (χ4v) is 2.90. The number of furan rings is 1. The predicted molar refractivity (Wildman–Crippen MR) is 88.5 cm³/mol. The van der Waals surface area contributed by atoms with Crippen LogP contribution in [0.5, 0.6) is 0 Å². The Morgan fingerprint density at radius 3 is 2.83 bits per heavy atom. The zero-order chi connectivity index (χ0) is 17.1. The summed E-state index contributed by atoms with van der Waals surface area (Å²) >= 11 is 11.8. The molecule has 1 aliphatic rings. The highest BCUT2D eigenvalue weighted by Gasteiger charge is 2.35. The second-order valence-corrected chi connectivity index (χ2v) is 6.43. The molecule has 0 saturated carbocycles. The van der Waals surface area contributed by atoms with E-state index in [0.29, 0.717) is 28.9 Å². The van der Waals surface area contributed by atoms with Crippen LogP contribution in [0, 0.1) is 5.92 Å². The average molecular weight is 368 g/mol. The van der Waals surface area contributed by atoms with E-state index in [-0.39, 0.29) is 18.9 Å². The lowest BCUT2D eigenvalue weighted by Crippen LogP contribution is -2.26. The van der Waals surface area contributed by atoms with Crippen molar-refractivity contribution in [1.29, 1.82) is 0 Å². The highest BCUT2D eigenvalue weighted by atomic mass is 35.5. The van der Waals surface area contributed by atoms with E-state index < -0.39 is 11.9 Å². The Labute approximate surface area is 149 Å². The molecule has 1 aromatic carbocycles. The zero-order valence-corrected chi connectivity index (χ0v) is 14.2. The van der Waals surface area contributed by atoms with Gasteiger partial charge < -0.3 is 14.1 Å². The van der Waals surface area contributed by atoms with Gasteiger partial charge in [0.2, 0.25) is 5.91 Å². The molecule has 2 heterocycles. The van der Waals surface area contributed by atoms with Crippen molar-refractivity contribution in [3.05, 3.63) is 58.0 Å². The van der Waals surface area contributed by atoms with Gasteiger partial charge in [-0.3, -0.25) is 9.59 Å². The average Bonchev–Trinajstić information content (AvgIpc) is 3.19. The van der Waals surface area contributed by atoms with Gasteiger partial charge in [0.1, 0.15) is 12.4 Å². The van der Waals surface area contributed by atoms with Crippen molar-refractivity contribution in [3.63, 3.8) is 0 Å². The van der Waals surface area contributed by atoms with Crippen molar-refractivity contribution in [1.82, 2.24) is 4.90 Å². The van der Waals surface area contributed by atoms with Gasteiger partial charge in [0, 0.05) is 13.0 Å². The Morgan fingerprint density at radius 2 is 2.12 bits per heavy atom. The molecule has 0 radical (unpaired) electrons. The molecule has 7 heteroatoms. The van der Waals surface area contributed by atoms with Crippen LogP contribution >= 0.6 is 23.2 Å². The largest absolute Gasteiger partial charge is 0.467 e. The second-order valence-electron chi connectivity index (χ2n) is 5.61. The molecule has 0 bridgehead atoms. The van der Waals surface area contributed by atoms with Gasteiger partial charge in [-0.05, 0) is 29.8 Å². The third-order valence-electron chi connectivity index (χ3n) is 3.84. The fraction of sp³-hybridized carbons (Fsp3) is 0.294. The summed E-state index contributed by atoms with van der Waals surface area (Å²) < 4.78 is 10.5. The Balaban J connectivity index is 1.53. The van der Waals surface area contributed by atoms with Crippen molar-refractivity contribution in [2.75, 3.05) is 6.54 Å². The first kappa shape index (κ1) is 16.9. The van der Waals surface area contributed by atoms with Crippen molar-refractivity contribution < 1.29 is 18.7 Å². The summed E-state index contributed by atoms with van der Waals surface area (Å²) in [6.45, 7) is 0.792. The molecule has 1 saturated heterocycles. The standard InChI is InChI=1S/C17H15Cl2NO4/c18-14-4-3-11(6-15(14)19)10-24-17(22)12-7-16(21)20(8-12)9-13-2-1-5-23-13/h1-6,12H,7-10H2/t12-/m0/s1. The van der Waals surface area contributed by atoms with Gasteiger partial charge in [0.25, 0.3) is 0 Å². The zero-order valence-electron chi connectivity index (χ0n) is 12.7. The second kappa shape index (κ2) is 7.28. The van der Waals surface area contributed by atoms with E-state index >= 15 is 0 Å². The van der Waals surface area contributed by atoms with Crippen LogP contribution in [0.2, 0.25) is 10.0 Å². The van der Waals surface area contributed by atoms with E-state index in [2.05, 4.69) is 0 Å². The number of carbonyl (C=O) groups excluding carboxylic acids is 2.